The highest BCUT2D eigenvalue weighted by atomic mass is 35.5. The van der Waals surface area contributed by atoms with Crippen LogP contribution in [0, 0.1) is 30.3 Å². The number of alkyl halides is 7. The first kappa shape index (κ1) is 33.3. The van der Waals surface area contributed by atoms with Gasteiger partial charge in [-0.1, -0.05) is 17.7 Å². The van der Waals surface area contributed by atoms with Gasteiger partial charge in [0.1, 0.15) is 21.7 Å². The number of carbonyl (C=O) groups excluding carboxylic acids is 3. The number of nitrogens with one attached hydrogen (secondary N) is 3. The Morgan fingerprint density at radius 1 is 0.909 bits per heavy atom. The van der Waals surface area contributed by atoms with Crippen LogP contribution in [-0.4, -0.2) is 28.5 Å². The van der Waals surface area contributed by atoms with E-state index in [1.165, 1.54) is 13.0 Å². The highest BCUT2D eigenvalue weighted by Crippen LogP contribution is 2.65. The molecule has 1 saturated carbocycles. The SMILES string of the molecule is Cc1cc(NC(=O)[C@H]2[C@H](c3ccc(F)c(C(F)(F)F)c3)C2(Cl)Cl)cc(C(=O)Nc2c(F)ccc(NC(=O)C(F)F)c2F)c1Cl. The predicted molar refractivity (Wildman–Crippen MR) is 146 cm³/mol. The van der Waals surface area contributed by atoms with Gasteiger partial charge in [-0.2, -0.15) is 22.0 Å². The van der Waals surface area contributed by atoms with Crippen molar-refractivity contribution in [2.75, 3.05) is 16.0 Å². The third kappa shape index (κ3) is 6.57. The average molecular weight is 689 g/mol. The minimum Gasteiger partial charge on any atom is -0.326 e. The van der Waals surface area contributed by atoms with E-state index in [2.05, 4.69) is 5.32 Å². The van der Waals surface area contributed by atoms with E-state index in [0.717, 1.165) is 12.1 Å². The first-order valence-electron chi connectivity index (χ1n) is 12.1. The molecular formula is C27H16Cl3F8N3O3. The third-order valence-corrected chi connectivity index (χ3v) is 7.99. The molecule has 3 aromatic rings. The van der Waals surface area contributed by atoms with Crippen LogP contribution in [0.3, 0.4) is 0 Å². The van der Waals surface area contributed by atoms with Crippen molar-refractivity contribution in [1.29, 1.82) is 0 Å². The fraction of sp³-hybridized carbons (Fsp3) is 0.222. The van der Waals surface area contributed by atoms with Crippen LogP contribution in [0.1, 0.15) is 33.0 Å². The molecular weight excluding hydrogens is 673 g/mol. The summed E-state index contributed by atoms with van der Waals surface area (Å²) in [4.78, 5) is 37.3. The van der Waals surface area contributed by atoms with Gasteiger partial charge in [0.05, 0.1) is 27.8 Å². The molecule has 2 atom stereocenters. The zero-order valence-electron chi connectivity index (χ0n) is 21.7. The Balaban J connectivity index is 1.57. The minimum absolute atomic E-state index is 0.106. The topological polar surface area (TPSA) is 87.3 Å². The van der Waals surface area contributed by atoms with Gasteiger partial charge in [0, 0.05) is 11.6 Å². The van der Waals surface area contributed by atoms with Gasteiger partial charge in [0.2, 0.25) is 5.91 Å². The summed E-state index contributed by atoms with van der Waals surface area (Å²) in [6.45, 7) is 1.40. The van der Waals surface area contributed by atoms with Crippen molar-refractivity contribution >= 4 is 69.6 Å². The molecule has 0 radical (unpaired) electrons. The number of benzene rings is 3. The molecule has 0 spiro atoms. The van der Waals surface area contributed by atoms with Gasteiger partial charge in [0.15, 0.2) is 5.82 Å². The lowest BCUT2D eigenvalue weighted by atomic mass is 10.0. The van der Waals surface area contributed by atoms with Crippen LogP contribution >= 0.6 is 34.8 Å². The van der Waals surface area contributed by atoms with Gasteiger partial charge in [-0.05, 0) is 54.4 Å². The molecule has 1 aliphatic rings. The van der Waals surface area contributed by atoms with Crippen molar-refractivity contribution in [3.63, 3.8) is 0 Å². The second-order valence-corrected chi connectivity index (χ2v) is 11.4. The molecule has 4 rings (SSSR count). The summed E-state index contributed by atoms with van der Waals surface area (Å²) in [6.07, 6.45) is -8.54. The molecule has 0 aliphatic heterocycles. The van der Waals surface area contributed by atoms with E-state index in [0.29, 0.717) is 24.3 Å². The largest absolute Gasteiger partial charge is 0.419 e. The van der Waals surface area contributed by atoms with E-state index in [1.54, 1.807) is 5.32 Å². The van der Waals surface area contributed by atoms with Crippen molar-refractivity contribution in [3.05, 3.63) is 87.2 Å². The zero-order chi connectivity index (χ0) is 32.9. The van der Waals surface area contributed by atoms with Gasteiger partial charge in [-0.25, -0.2) is 13.2 Å². The summed E-state index contributed by atoms with van der Waals surface area (Å²) < 4.78 is 106. The fourth-order valence-corrected chi connectivity index (χ4v) is 5.40. The lowest BCUT2D eigenvalue weighted by Crippen LogP contribution is -2.22. The first-order chi connectivity index (χ1) is 20.3. The lowest BCUT2D eigenvalue weighted by molar-refractivity contribution is -0.140. The molecule has 6 nitrogen and oxygen atoms in total. The Bertz CT molecular complexity index is 1680. The summed E-state index contributed by atoms with van der Waals surface area (Å²) in [7, 11) is 0. The lowest BCUT2D eigenvalue weighted by Gasteiger charge is -2.14. The maximum atomic E-state index is 14.8. The number of amides is 3. The van der Waals surface area contributed by atoms with Crippen LogP contribution in [0.2, 0.25) is 5.02 Å². The third-order valence-electron chi connectivity index (χ3n) is 6.54. The second-order valence-electron chi connectivity index (χ2n) is 9.54. The number of anilines is 3. The van der Waals surface area contributed by atoms with Crippen LogP contribution in [-0.2, 0) is 15.8 Å². The number of carbonyl (C=O) groups is 3. The molecule has 3 N–H and O–H groups in total. The molecule has 17 heteroatoms. The Morgan fingerprint density at radius 2 is 1.55 bits per heavy atom. The molecule has 0 heterocycles. The number of aryl methyl sites for hydroxylation is 1. The summed E-state index contributed by atoms with van der Waals surface area (Å²) in [5, 5.41) is 5.61. The summed E-state index contributed by atoms with van der Waals surface area (Å²) in [5.41, 5.74) is -4.06. The number of halogens is 11. The standard InChI is InChI=1S/C27H16Cl3F8N3O3/c1-9-6-11(39-24(43)18-17(26(18,29)30)10-2-3-14(31)13(7-10)27(36,37)38)8-12(19(9)28)23(42)41-21-15(32)4-5-16(20(21)33)40-25(44)22(34)35/h2-8,17-18,22H,1H3,(H,39,43)(H,40,44)(H,41,42)/t17-,18+/m0/s1. The summed E-state index contributed by atoms with van der Waals surface area (Å²) >= 11 is 18.6. The van der Waals surface area contributed by atoms with E-state index in [1.807, 2.05) is 5.32 Å². The van der Waals surface area contributed by atoms with Crippen molar-refractivity contribution in [2.24, 2.45) is 5.92 Å². The Kier molecular flexibility index (Phi) is 9.11. The number of rotatable bonds is 7. The van der Waals surface area contributed by atoms with Crippen LogP contribution in [0.5, 0.6) is 0 Å². The Morgan fingerprint density at radius 3 is 2.16 bits per heavy atom. The van der Waals surface area contributed by atoms with Crippen molar-refractivity contribution in [3.8, 4) is 0 Å². The molecule has 234 valence electrons. The second kappa shape index (κ2) is 12.1. The molecule has 3 amide bonds. The molecule has 0 saturated heterocycles. The monoisotopic (exact) mass is 687 g/mol. The number of hydrogen-bond acceptors (Lipinski definition) is 3. The van der Waals surface area contributed by atoms with Crippen molar-refractivity contribution < 1.29 is 49.5 Å². The van der Waals surface area contributed by atoms with Gasteiger partial charge >= 0.3 is 12.6 Å². The van der Waals surface area contributed by atoms with Gasteiger partial charge in [-0.15, -0.1) is 23.2 Å². The number of hydrogen-bond donors (Lipinski definition) is 3. The van der Waals surface area contributed by atoms with Crippen LogP contribution in [0.15, 0.2) is 42.5 Å². The Labute approximate surface area is 257 Å². The smallest absolute Gasteiger partial charge is 0.326 e. The molecule has 3 aromatic carbocycles. The minimum atomic E-state index is -5.03. The molecule has 0 bridgehead atoms. The van der Waals surface area contributed by atoms with E-state index in [-0.39, 0.29) is 21.8 Å². The quantitative estimate of drug-likeness (QED) is 0.173. The van der Waals surface area contributed by atoms with E-state index >= 15 is 0 Å². The maximum Gasteiger partial charge on any atom is 0.419 e. The zero-order valence-corrected chi connectivity index (χ0v) is 23.9. The Hall–Kier alpha value is -3.62. The van der Waals surface area contributed by atoms with Gasteiger partial charge < -0.3 is 16.0 Å². The van der Waals surface area contributed by atoms with Crippen molar-refractivity contribution in [2.45, 2.75) is 29.8 Å². The van der Waals surface area contributed by atoms with E-state index in [9.17, 15) is 49.5 Å². The fourth-order valence-electron chi connectivity index (χ4n) is 4.38. The van der Waals surface area contributed by atoms with Crippen LogP contribution < -0.4 is 16.0 Å². The maximum absolute atomic E-state index is 14.8. The normalized spacial score (nSPS) is 17.3. The molecule has 1 fully saturated rings. The highest BCUT2D eigenvalue weighted by molar-refractivity contribution is 6.53. The van der Waals surface area contributed by atoms with Gasteiger partial charge in [-0.3, -0.25) is 14.4 Å². The summed E-state index contributed by atoms with van der Waals surface area (Å²) in [6, 6.07) is 5.61. The van der Waals surface area contributed by atoms with Gasteiger partial charge in [0.25, 0.3) is 11.8 Å². The van der Waals surface area contributed by atoms with E-state index < -0.39 is 86.4 Å². The van der Waals surface area contributed by atoms with Crippen molar-refractivity contribution in [1.82, 2.24) is 0 Å². The predicted octanol–water partition coefficient (Wildman–Crippen LogP) is 8.07. The molecule has 0 aromatic heterocycles. The molecule has 44 heavy (non-hydrogen) atoms. The van der Waals surface area contributed by atoms with Crippen LogP contribution in [0.25, 0.3) is 0 Å². The van der Waals surface area contributed by atoms with Crippen LogP contribution in [0.4, 0.5) is 52.2 Å². The first-order valence-corrected chi connectivity index (χ1v) is 13.2. The highest BCUT2D eigenvalue weighted by Gasteiger charge is 2.67. The summed E-state index contributed by atoms with van der Waals surface area (Å²) in [5.74, 6) is -10.9. The average Bonchev–Trinajstić information content (AvgIpc) is 3.51. The molecule has 1 aliphatic carbocycles. The van der Waals surface area contributed by atoms with E-state index in [4.69, 9.17) is 34.8 Å². The molecule has 0 unspecified atom stereocenters.